The number of rotatable bonds is 5. The summed E-state index contributed by atoms with van der Waals surface area (Å²) in [6.45, 7) is -1.84. The average molecular weight is 444 g/mol. The van der Waals surface area contributed by atoms with E-state index < -0.39 is 35.0 Å². The van der Waals surface area contributed by atoms with Gasteiger partial charge in [0.05, 0.1) is 22.8 Å². The maximum atomic E-state index is 13.8. The van der Waals surface area contributed by atoms with Crippen LogP contribution in [0, 0.1) is 5.95 Å². The second kappa shape index (κ2) is 8.49. The average Bonchev–Trinajstić information content (AvgIpc) is 2.72. The smallest absolute Gasteiger partial charge is 0.302 e. The van der Waals surface area contributed by atoms with Gasteiger partial charge in [-0.25, -0.2) is 15.2 Å². The number of halogens is 5. The molecule has 0 saturated carbocycles. The molecule has 0 saturated heterocycles. The number of carbonyl (C=O) groups is 1. The molecule has 1 amide bonds. The summed E-state index contributed by atoms with van der Waals surface area (Å²) in [7, 11) is 0. The molecule has 11 heteroatoms. The van der Waals surface area contributed by atoms with Gasteiger partial charge in [-0.05, 0) is 18.2 Å². The number of hydrazine groups is 1. The molecule has 1 aromatic carbocycles. The van der Waals surface area contributed by atoms with Crippen LogP contribution in [0.1, 0.15) is 22.3 Å². The van der Waals surface area contributed by atoms with Crippen molar-refractivity contribution in [3.63, 3.8) is 0 Å². The third-order valence-corrected chi connectivity index (χ3v) is 5.07. The standard InChI is InChI=1S/C19H18ClF4N5O/c20-17-11(3-1-4-12(17)19(23,24)10-21)18(30)28-8-7-14(13(25)9-28)29(26)16-6-2-5-15(22)27-16/h1-6H,7-10,25-26H2. The molecule has 1 aromatic heterocycles. The monoisotopic (exact) mass is 443 g/mol. The van der Waals surface area contributed by atoms with Gasteiger partial charge in [-0.15, -0.1) is 0 Å². The molecule has 2 aromatic rings. The minimum Gasteiger partial charge on any atom is -0.399 e. The van der Waals surface area contributed by atoms with Crippen LogP contribution in [0.5, 0.6) is 0 Å². The third kappa shape index (κ3) is 4.19. The highest BCUT2D eigenvalue weighted by Crippen LogP contribution is 2.36. The molecule has 2 heterocycles. The predicted octanol–water partition coefficient (Wildman–Crippen LogP) is 3.33. The lowest BCUT2D eigenvalue weighted by Crippen LogP contribution is -2.44. The maximum absolute atomic E-state index is 13.8. The first-order valence-corrected chi connectivity index (χ1v) is 9.20. The lowest BCUT2D eigenvalue weighted by Gasteiger charge is -2.33. The topological polar surface area (TPSA) is 88.5 Å². The van der Waals surface area contributed by atoms with Crippen molar-refractivity contribution in [2.75, 3.05) is 24.8 Å². The summed E-state index contributed by atoms with van der Waals surface area (Å²) in [5.41, 5.74) is 5.79. The number of carbonyl (C=O) groups excluding carboxylic acids is 1. The third-order valence-electron chi connectivity index (χ3n) is 4.67. The second-order valence-electron chi connectivity index (χ2n) is 6.64. The van der Waals surface area contributed by atoms with E-state index in [1.165, 1.54) is 35.2 Å². The van der Waals surface area contributed by atoms with E-state index in [0.717, 1.165) is 11.1 Å². The minimum absolute atomic E-state index is 0.0583. The maximum Gasteiger partial charge on any atom is 0.302 e. The van der Waals surface area contributed by atoms with Gasteiger partial charge in [0.25, 0.3) is 5.91 Å². The Balaban J connectivity index is 1.83. The Hall–Kier alpha value is -2.85. The Bertz CT molecular complexity index is 1000. The van der Waals surface area contributed by atoms with E-state index >= 15 is 0 Å². The van der Waals surface area contributed by atoms with E-state index in [9.17, 15) is 22.4 Å². The van der Waals surface area contributed by atoms with Crippen LogP contribution in [0.25, 0.3) is 0 Å². The molecule has 0 radical (unpaired) electrons. The first-order chi connectivity index (χ1) is 14.2. The van der Waals surface area contributed by atoms with Crippen molar-refractivity contribution in [1.29, 1.82) is 0 Å². The lowest BCUT2D eigenvalue weighted by atomic mass is 10.0. The van der Waals surface area contributed by atoms with Gasteiger partial charge in [0, 0.05) is 24.2 Å². The Morgan fingerprint density at radius 1 is 1.27 bits per heavy atom. The Labute approximate surface area is 174 Å². The molecule has 0 spiro atoms. The fraction of sp³-hybridized carbons (Fsp3) is 0.263. The largest absolute Gasteiger partial charge is 0.399 e. The Kier molecular flexibility index (Phi) is 6.18. The van der Waals surface area contributed by atoms with E-state index in [-0.39, 0.29) is 36.6 Å². The van der Waals surface area contributed by atoms with Gasteiger partial charge >= 0.3 is 5.92 Å². The molecule has 1 aliphatic rings. The van der Waals surface area contributed by atoms with Crippen LogP contribution in [0.3, 0.4) is 0 Å². The van der Waals surface area contributed by atoms with Crippen molar-refractivity contribution >= 4 is 23.3 Å². The number of aromatic nitrogens is 1. The van der Waals surface area contributed by atoms with Gasteiger partial charge in [0.2, 0.25) is 5.95 Å². The highest BCUT2D eigenvalue weighted by Gasteiger charge is 2.36. The van der Waals surface area contributed by atoms with Crippen molar-refractivity contribution in [2.45, 2.75) is 12.3 Å². The zero-order valence-corrected chi connectivity index (χ0v) is 16.3. The van der Waals surface area contributed by atoms with Crippen LogP contribution in [0.2, 0.25) is 5.02 Å². The molecule has 3 rings (SSSR count). The van der Waals surface area contributed by atoms with E-state index in [1.807, 2.05) is 0 Å². The lowest BCUT2D eigenvalue weighted by molar-refractivity contribution is -0.0280. The molecule has 160 valence electrons. The van der Waals surface area contributed by atoms with Crippen LogP contribution in [0.4, 0.5) is 23.4 Å². The number of amides is 1. The van der Waals surface area contributed by atoms with Gasteiger partial charge in [-0.2, -0.15) is 13.2 Å². The summed E-state index contributed by atoms with van der Waals surface area (Å²) in [6.07, 6.45) is 0.213. The van der Waals surface area contributed by atoms with Crippen LogP contribution in [-0.4, -0.2) is 35.6 Å². The fourth-order valence-electron chi connectivity index (χ4n) is 3.12. The zero-order chi connectivity index (χ0) is 22.1. The Morgan fingerprint density at radius 3 is 2.60 bits per heavy atom. The quantitative estimate of drug-likeness (QED) is 0.320. The van der Waals surface area contributed by atoms with Crippen molar-refractivity contribution in [1.82, 2.24) is 9.88 Å². The summed E-state index contributed by atoms with van der Waals surface area (Å²) in [5, 5.41) is 0.623. The molecule has 6 nitrogen and oxygen atoms in total. The highest BCUT2D eigenvalue weighted by atomic mass is 35.5. The summed E-state index contributed by atoms with van der Waals surface area (Å²) in [6, 6.07) is 7.57. The molecule has 0 aliphatic carbocycles. The van der Waals surface area contributed by atoms with Crippen LogP contribution >= 0.6 is 11.6 Å². The van der Waals surface area contributed by atoms with Crippen molar-refractivity contribution in [2.24, 2.45) is 11.6 Å². The van der Waals surface area contributed by atoms with Gasteiger partial charge in [-0.1, -0.05) is 29.8 Å². The van der Waals surface area contributed by atoms with Crippen LogP contribution in [-0.2, 0) is 5.92 Å². The molecule has 0 fully saturated rings. The normalized spacial score (nSPS) is 14.8. The van der Waals surface area contributed by atoms with Gasteiger partial charge in [0.1, 0.15) is 5.82 Å². The van der Waals surface area contributed by atoms with E-state index in [1.54, 1.807) is 0 Å². The molecule has 0 atom stereocenters. The van der Waals surface area contributed by atoms with Crippen molar-refractivity contribution in [3.8, 4) is 0 Å². The number of benzene rings is 1. The number of nitrogens with two attached hydrogens (primary N) is 2. The summed E-state index contributed by atoms with van der Waals surface area (Å²) < 4.78 is 53.6. The van der Waals surface area contributed by atoms with Crippen LogP contribution in [0.15, 0.2) is 47.8 Å². The predicted molar refractivity (Wildman–Crippen MR) is 104 cm³/mol. The molecule has 4 N–H and O–H groups in total. The molecular formula is C19H18ClF4N5O. The number of pyridine rings is 1. The van der Waals surface area contributed by atoms with Gasteiger partial charge in [0.15, 0.2) is 6.67 Å². The van der Waals surface area contributed by atoms with E-state index in [0.29, 0.717) is 5.70 Å². The van der Waals surface area contributed by atoms with Gasteiger partial charge < -0.3 is 10.6 Å². The summed E-state index contributed by atoms with van der Waals surface area (Å²) in [4.78, 5) is 17.8. The molecular weight excluding hydrogens is 426 g/mol. The molecule has 30 heavy (non-hydrogen) atoms. The fourth-order valence-corrected chi connectivity index (χ4v) is 3.46. The molecule has 1 aliphatic heterocycles. The highest BCUT2D eigenvalue weighted by molar-refractivity contribution is 6.34. The minimum atomic E-state index is -3.81. The molecule has 0 bridgehead atoms. The second-order valence-corrected chi connectivity index (χ2v) is 7.02. The number of anilines is 1. The zero-order valence-electron chi connectivity index (χ0n) is 15.6. The summed E-state index contributed by atoms with van der Waals surface area (Å²) >= 11 is 5.99. The number of nitrogens with zero attached hydrogens (tertiary/aromatic N) is 3. The van der Waals surface area contributed by atoms with E-state index in [4.69, 9.17) is 23.2 Å². The SMILES string of the molecule is NC1=C(N(N)c2cccc(F)n2)CCN(C(=O)c2cccc(C(F)(F)CF)c2Cl)C1. The number of hydrogen-bond acceptors (Lipinski definition) is 5. The first kappa shape index (κ1) is 21.8. The Morgan fingerprint density at radius 2 is 1.97 bits per heavy atom. The van der Waals surface area contributed by atoms with E-state index in [2.05, 4.69) is 4.98 Å². The first-order valence-electron chi connectivity index (χ1n) is 8.82. The summed E-state index contributed by atoms with van der Waals surface area (Å²) in [5.74, 6) is 0.975. The van der Waals surface area contributed by atoms with Crippen LogP contribution < -0.4 is 16.6 Å². The molecule has 0 unspecified atom stereocenters. The van der Waals surface area contributed by atoms with Crippen molar-refractivity contribution < 1.29 is 22.4 Å². The van der Waals surface area contributed by atoms with Crippen molar-refractivity contribution in [3.05, 3.63) is 69.9 Å². The number of alkyl halides is 3. The number of hydrogen-bond donors (Lipinski definition) is 2. The van der Waals surface area contributed by atoms with Gasteiger partial charge in [-0.3, -0.25) is 9.80 Å².